The van der Waals surface area contributed by atoms with Gasteiger partial charge in [0, 0.05) is 12.1 Å². The van der Waals surface area contributed by atoms with Crippen LogP contribution in [0.3, 0.4) is 0 Å². The standard InChI is InChI=1S/C23H22N4O5S/c1-17(14-18-8-4-3-5-9-18)16-24-25-21-13-12-19(27(28)29)15-23(21)33(30,31)26-20-10-6-7-11-22(20)32-2/h3-16,25-26H,1-2H3. The number of ether oxygens (including phenoxy) is 1. The van der Waals surface area contributed by atoms with Crippen LogP contribution in [-0.4, -0.2) is 26.7 Å². The third-order valence-electron chi connectivity index (χ3n) is 4.46. The predicted molar refractivity (Wildman–Crippen MR) is 129 cm³/mol. The molecule has 33 heavy (non-hydrogen) atoms. The molecule has 10 heteroatoms. The first kappa shape index (κ1) is 23.5. The van der Waals surface area contributed by atoms with Crippen molar-refractivity contribution in [1.82, 2.24) is 0 Å². The van der Waals surface area contributed by atoms with Gasteiger partial charge in [-0.15, -0.1) is 0 Å². The molecule has 0 unspecified atom stereocenters. The Morgan fingerprint density at radius 2 is 1.73 bits per heavy atom. The lowest BCUT2D eigenvalue weighted by molar-refractivity contribution is -0.385. The molecule has 2 N–H and O–H groups in total. The number of non-ortho nitro benzene ring substituents is 1. The van der Waals surface area contributed by atoms with Crippen LogP contribution in [-0.2, 0) is 10.0 Å². The number of sulfonamides is 1. The summed E-state index contributed by atoms with van der Waals surface area (Å²) in [7, 11) is -2.81. The fourth-order valence-corrected chi connectivity index (χ4v) is 4.17. The number of benzene rings is 3. The van der Waals surface area contributed by atoms with E-state index in [0.29, 0.717) is 5.75 Å². The molecule has 0 heterocycles. The predicted octanol–water partition coefficient (Wildman–Crippen LogP) is 4.91. The monoisotopic (exact) mass is 466 g/mol. The highest BCUT2D eigenvalue weighted by Crippen LogP contribution is 2.31. The summed E-state index contributed by atoms with van der Waals surface area (Å²) in [5.74, 6) is 0.306. The van der Waals surface area contributed by atoms with Crippen molar-refractivity contribution >= 4 is 39.4 Å². The lowest BCUT2D eigenvalue weighted by Crippen LogP contribution is -2.15. The molecule has 0 aromatic heterocycles. The van der Waals surface area contributed by atoms with Gasteiger partial charge in [0.2, 0.25) is 0 Å². The fraction of sp³-hybridized carbons (Fsp3) is 0.0870. The summed E-state index contributed by atoms with van der Waals surface area (Å²) in [6.07, 6.45) is 3.43. The number of allylic oxidation sites excluding steroid dienone is 1. The molecule has 3 rings (SSSR count). The summed E-state index contributed by atoms with van der Waals surface area (Å²) >= 11 is 0. The topological polar surface area (TPSA) is 123 Å². The van der Waals surface area contributed by atoms with Crippen LogP contribution in [0.2, 0.25) is 0 Å². The molecular formula is C23H22N4O5S. The van der Waals surface area contributed by atoms with E-state index in [1.807, 2.05) is 43.3 Å². The fourth-order valence-electron chi connectivity index (χ4n) is 2.92. The van der Waals surface area contributed by atoms with Crippen LogP contribution in [0, 0.1) is 10.1 Å². The van der Waals surface area contributed by atoms with Gasteiger partial charge in [-0.1, -0.05) is 48.5 Å². The average molecular weight is 467 g/mol. The molecule has 0 fully saturated rings. The van der Waals surface area contributed by atoms with Gasteiger partial charge in [-0.05, 0) is 36.3 Å². The van der Waals surface area contributed by atoms with Crippen molar-refractivity contribution in [2.75, 3.05) is 17.3 Å². The minimum atomic E-state index is -4.22. The van der Waals surface area contributed by atoms with E-state index in [-0.39, 0.29) is 22.0 Å². The lowest BCUT2D eigenvalue weighted by atomic mass is 10.1. The van der Waals surface area contributed by atoms with E-state index in [4.69, 9.17) is 4.74 Å². The molecule has 0 aliphatic heterocycles. The molecule has 0 saturated carbocycles. The first-order chi connectivity index (χ1) is 15.8. The van der Waals surface area contributed by atoms with Crippen molar-refractivity contribution in [3.8, 4) is 5.75 Å². The number of nitro benzene ring substituents is 1. The SMILES string of the molecule is COc1ccccc1NS(=O)(=O)c1cc([N+](=O)[O-])ccc1NN=CC(C)=Cc1ccccc1. The first-order valence-electron chi connectivity index (χ1n) is 9.77. The Kier molecular flexibility index (Phi) is 7.42. The maximum absolute atomic E-state index is 13.1. The molecule has 0 amide bonds. The highest BCUT2D eigenvalue weighted by Gasteiger charge is 2.23. The Hall–Kier alpha value is -4.18. The van der Waals surface area contributed by atoms with Crippen LogP contribution in [0.4, 0.5) is 17.1 Å². The van der Waals surface area contributed by atoms with E-state index in [0.717, 1.165) is 17.2 Å². The molecule has 0 aliphatic carbocycles. The van der Waals surface area contributed by atoms with E-state index in [2.05, 4.69) is 15.2 Å². The number of hydrogen-bond acceptors (Lipinski definition) is 7. The molecule has 0 aliphatic rings. The van der Waals surface area contributed by atoms with Crippen LogP contribution in [0.5, 0.6) is 5.75 Å². The molecule has 170 valence electrons. The molecule has 9 nitrogen and oxygen atoms in total. The van der Waals surface area contributed by atoms with Gasteiger partial charge in [0.05, 0.1) is 29.6 Å². The Labute approximate surface area is 191 Å². The Bertz CT molecular complexity index is 1310. The first-order valence-corrected chi connectivity index (χ1v) is 11.2. The van der Waals surface area contributed by atoms with Crippen molar-refractivity contribution in [2.45, 2.75) is 11.8 Å². The van der Waals surface area contributed by atoms with Crippen molar-refractivity contribution in [3.63, 3.8) is 0 Å². The molecule has 0 radical (unpaired) electrons. The van der Waals surface area contributed by atoms with Gasteiger partial charge in [-0.3, -0.25) is 20.3 Å². The number of nitrogens with one attached hydrogen (secondary N) is 2. The summed E-state index contributed by atoms with van der Waals surface area (Å²) < 4.78 is 33.8. The van der Waals surface area contributed by atoms with E-state index in [1.54, 1.807) is 18.2 Å². The zero-order valence-electron chi connectivity index (χ0n) is 17.9. The second-order valence-electron chi connectivity index (χ2n) is 6.91. The summed E-state index contributed by atoms with van der Waals surface area (Å²) in [6.45, 7) is 1.84. The Balaban J connectivity index is 1.91. The smallest absolute Gasteiger partial charge is 0.270 e. The Morgan fingerprint density at radius 3 is 2.42 bits per heavy atom. The van der Waals surface area contributed by atoms with Crippen LogP contribution >= 0.6 is 0 Å². The number of hydrogen-bond donors (Lipinski definition) is 2. The largest absolute Gasteiger partial charge is 0.495 e. The van der Waals surface area contributed by atoms with Crippen molar-refractivity contribution in [1.29, 1.82) is 0 Å². The number of rotatable bonds is 9. The molecule has 0 saturated heterocycles. The van der Waals surface area contributed by atoms with E-state index >= 15 is 0 Å². The van der Waals surface area contributed by atoms with Crippen LogP contribution in [0.15, 0.2) is 88.4 Å². The van der Waals surface area contributed by atoms with Crippen molar-refractivity contribution in [3.05, 3.63) is 94.0 Å². The molecule has 0 atom stereocenters. The van der Waals surface area contributed by atoms with E-state index in [9.17, 15) is 18.5 Å². The highest BCUT2D eigenvalue weighted by atomic mass is 32.2. The van der Waals surface area contributed by atoms with Crippen molar-refractivity contribution in [2.24, 2.45) is 5.10 Å². The maximum Gasteiger partial charge on any atom is 0.270 e. The van der Waals surface area contributed by atoms with Gasteiger partial charge in [0.15, 0.2) is 0 Å². The number of nitro groups is 1. The quantitative estimate of drug-likeness (QED) is 0.263. The van der Waals surface area contributed by atoms with E-state index < -0.39 is 14.9 Å². The number of hydrazone groups is 1. The van der Waals surface area contributed by atoms with Crippen LogP contribution < -0.4 is 14.9 Å². The molecule has 3 aromatic rings. The molecule has 0 spiro atoms. The lowest BCUT2D eigenvalue weighted by Gasteiger charge is -2.14. The summed E-state index contributed by atoms with van der Waals surface area (Å²) in [5.41, 5.74) is 4.37. The van der Waals surface area contributed by atoms with Crippen molar-refractivity contribution < 1.29 is 18.1 Å². The highest BCUT2D eigenvalue weighted by molar-refractivity contribution is 7.93. The second kappa shape index (κ2) is 10.4. The molecule has 0 bridgehead atoms. The van der Waals surface area contributed by atoms with E-state index in [1.165, 1.54) is 31.5 Å². The Morgan fingerprint density at radius 1 is 1.03 bits per heavy atom. The molecule has 3 aromatic carbocycles. The minimum Gasteiger partial charge on any atom is -0.495 e. The number of para-hydroxylation sites is 2. The zero-order chi connectivity index (χ0) is 23.8. The second-order valence-corrected chi connectivity index (χ2v) is 8.56. The molecular weight excluding hydrogens is 444 g/mol. The third kappa shape index (κ3) is 6.17. The third-order valence-corrected chi connectivity index (χ3v) is 5.87. The van der Waals surface area contributed by atoms with Gasteiger partial charge in [0.25, 0.3) is 15.7 Å². The normalized spacial score (nSPS) is 11.9. The number of methoxy groups -OCH3 is 1. The number of nitrogens with zero attached hydrogens (tertiary/aromatic N) is 2. The van der Waals surface area contributed by atoms with Gasteiger partial charge < -0.3 is 4.74 Å². The maximum atomic E-state index is 13.1. The van der Waals surface area contributed by atoms with Crippen LogP contribution in [0.25, 0.3) is 6.08 Å². The van der Waals surface area contributed by atoms with Gasteiger partial charge in [-0.25, -0.2) is 8.42 Å². The number of anilines is 2. The summed E-state index contributed by atoms with van der Waals surface area (Å²) in [6, 6.07) is 19.5. The summed E-state index contributed by atoms with van der Waals surface area (Å²) in [4.78, 5) is 10.2. The van der Waals surface area contributed by atoms with Gasteiger partial charge in [-0.2, -0.15) is 5.10 Å². The zero-order valence-corrected chi connectivity index (χ0v) is 18.7. The van der Waals surface area contributed by atoms with Crippen LogP contribution in [0.1, 0.15) is 12.5 Å². The minimum absolute atomic E-state index is 0.0757. The average Bonchev–Trinajstić information content (AvgIpc) is 2.80. The van der Waals surface area contributed by atoms with Gasteiger partial charge in [0.1, 0.15) is 10.6 Å². The van der Waals surface area contributed by atoms with Gasteiger partial charge >= 0.3 is 0 Å². The summed E-state index contributed by atoms with van der Waals surface area (Å²) in [5, 5.41) is 15.3.